The maximum atomic E-state index is 5.42. The molecule has 0 radical (unpaired) electrons. The summed E-state index contributed by atoms with van der Waals surface area (Å²) in [5.41, 5.74) is 0. The normalized spacial score (nSPS) is 21.6. The molecule has 21 heavy (non-hydrogen) atoms. The fourth-order valence-corrected chi connectivity index (χ4v) is 3.53. The summed E-state index contributed by atoms with van der Waals surface area (Å²) in [7, 11) is 0. The van der Waals surface area contributed by atoms with Gasteiger partial charge in [-0.25, -0.2) is 9.97 Å². The van der Waals surface area contributed by atoms with Crippen LogP contribution in [-0.4, -0.2) is 46.6 Å². The molecule has 1 aromatic heterocycles. The summed E-state index contributed by atoms with van der Waals surface area (Å²) in [6.45, 7) is 5.03. The Bertz CT molecular complexity index is 440. The van der Waals surface area contributed by atoms with Gasteiger partial charge in [0.05, 0.1) is 6.61 Å². The zero-order valence-corrected chi connectivity index (χ0v) is 12.9. The van der Waals surface area contributed by atoms with Crippen LogP contribution in [0.25, 0.3) is 0 Å². The molecule has 1 aliphatic carbocycles. The quantitative estimate of drug-likeness (QED) is 0.903. The molecule has 0 aromatic carbocycles. The number of piperidine rings is 1. The Hall–Kier alpha value is -1.36. The number of hydrogen-bond acceptors (Lipinski definition) is 5. The Morgan fingerprint density at radius 2 is 1.95 bits per heavy atom. The van der Waals surface area contributed by atoms with Gasteiger partial charge >= 0.3 is 0 Å². The van der Waals surface area contributed by atoms with Crippen molar-refractivity contribution >= 4 is 5.82 Å². The van der Waals surface area contributed by atoms with E-state index in [-0.39, 0.29) is 0 Å². The lowest BCUT2D eigenvalue weighted by Gasteiger charge is -2.36. The van der Waals surface area contributed by atoms with Crippen molar-refractivity contribution in [1.82, 2.24) is 14.9 Å². The van der Waals surface area contributed by atoms with E-state index >= 15 is 0 Å². The van der Waals surface area contributed by atoms with E-state index in [0.717, 1.165) is 11.9 Å². The highest BCUT2D eigenvalue weighted by Crippen LogP contribution is 2.27. The van der Waals surface area contributed by atoms with Crippen molar-refractivity contribution in [2.75, 3.05) is 25.0 Å². The third-order valence-corrected chi connectivity index (χ3v) is 4.66. The maximum Gasteiger partial charge on any atom is 0.218 e. The summed E-state index contributed by atoms with van der Waals surface area (Å²) >= 11 is 0. The topological polar surface area (TPSA) is 50.3 Å². The average molecular weight is 290 g/mol. The predicted octanol–water partition coefficient (Wildman–Crippen LogP) is 2.69. The van der Waals surface area contributed by atoms with Crippen LogP contribution in [0.3, 0.4) is 0 Å². The number of ether oxygens (including phenoxy) is 1. The van der Waals surface area contributed by atoms with Gasteiger partial charge in [0.15, 0.2) is 0 Å². The van der Waals surface area contributed by atoms with Crippen LogP contribution in [0.2, 0.25) is 0 Å². The van der Waals surface area contributed by atoms with Gasteiger partial charge in [-0.2, -0.15) is 0 Å². The summed E-state index contributed by atoms with van der Waals surface area (Å²) in [6, 6.07) is 3.27. The number of hydrogen-bond donors (Lipinski definition) is 1. The Morgan fingerprint density at radius 3 is 2.67 bits per heavy atom. The van der Waals surface area contributed by atoms with Crippen molar-refractivity contribution in [2.24, 2.45) is 0 Å². The Kier molecular flexibility index (Phi) is 4.91. The minimum Gasteiger partial charge on any atom is -0.478 e. The van der Waals surface area contributed by atoms with Gasteiger partial charge in [0.25, 0.3) is 0 Å². The second-order valence-corrected chi connectivity index (χ2v) is 6.07. The first-order valence-corrected chi connectivity index (χ1v) is 8.30. The van der Waals surface area contributed by atoms with Crippen LogP contribution in [0.1, 0.15) is 45.4 Å². The van der Waals surface area contributed by atoms with Crippen molar-refractivity contribution in [3.63, 3.8) is 0 Å². The van der Waals surface area contributed by atoms with Crippen molar-refractivity contribution in [3.8, 4) is 5.88 Å². The van der Waals surface area contributed by atoms with Crippen molar-refractivity contribution in [2.45, 2.75) is 57.5 Å². The molecule has 0 atom stereocenters. The molecule has 116 valence electrons. The number of nitrogens with one attached hydrogen (secondary N) is 1. The van der Waals surface area contributed by atoms with Crippen LogP contribution in [0.15, 0.2) is 12.4 Å². The fourth-order valence-electron chi connectivity index (χ4n) is 3.53. The summed E-state index contributed by atoms with van der Waals surface area (Å²) in [4.78, 5) is 11.1. The highest BCUT2D eigenvalue weighted by molar-refractivity contribution is 5.38. The third kappa shape index (κ3) is 3.84. The molecule has 5 heteroatoms. The lowest BCUT2D eigenvalue weighted by atomic mass is 10.0. The molecule has 1 saturated carbocycles. The van der Waals surface area contributed by atoms with Crippen LogP contribution in [-0.2, 0) is 0 Å². The number of aromatic nitrogens is 2. The molecule has 1 aliphatic heterocycles. The second-order valence-electron chi connectivity index (χ2n) is 6.07. The lowest BCUT2D eigenvalue weighted by molar-refractivity contribution is 0.159. The van der Waals surface area contributed by atoms with E-state index < -0.39 is 0 Å². The van der Waals surface area contributed by atoms with Gasteiger partial charge in [0, 0.05) is 31.2 Å². The first kappa shape index (κ1) is 14.6. The molecule has 2 aliphatic rings. The summed E-state index contributed by atoms with van der Waals surface area (Å²) in [6.07, 6.45) is 9.62. The second kappa shape index (κ2) is 7.07. The molecule has 2 heterocycles. The van der Waals surface area contributed by atoms with E-state index in [4.69, 9.17) is 4.74 Å². The summed E-state index contributed by atoms with van der Waals surface area (Å²) in [5, 5.41) is 3.53. The highest BCUT2D eigenvalue weighted by Gasteiger charge is 2.27. The smallest absolute Gasteiger partial charge is 0.218 e. The van der Waals surface area contributed by atoms with Gasteiger partial charge < -0.3 is 15.0 Å². The van der Waals surface area contributed by atoms with E-state index in [0.29, 0.717) is 18.5 Å². The molecule has 1 aromatic rings. The van der Waals surface area contributed by atoms with Crippen LogP contribution in [0.4, 0.5) is 5.82 Å². The average Bonchev–Trinajstić information content (AvgIpc) is 3.03. The van der Waals surface area contributed by atoms with E-state index in [1.165, 1.54) is 51.6 Å². The molecule has 2 fully saturated rings. The van der Waals surface area contributed by atoms with Crippen molar-refractivity contribution in [1.29, 1.82) is 0 Å². The first-order chi connectivity index (χ1) is 10.3. The van der Waals surface area contributed by atoms with Crippen LogP contribution in [0.5, 0.6) is 5.88 Å². The Morgan fingerprint density at radius 1 is 1.19 bits per heavy atom. The van der Waals surface area contributed by atoms with Gasteiger partial charge in [-0.15, -0.1) is 0 Å². The monoisotopic (exact) mass is 290 g/mol. The van der Waals surface area contributed by atoms with E-state index in [9.17, 15) is 0 Å². The molecule has 1 saturated heterocycles. The van der Waals surface area contributed by atoms with Crippen molar-refractivity contribution in [3.05, 3.63) is 12.4 Å². The molecule has 5 nitrogen and oxygen atoms in total. The largest absolute Gasteiger partial charge is 0.478 e. The fraction of sp³-hybridized carbons (Fsp3) is 0.750. The highest BCUT2D eigenvalue weighted by atomic mass is 16.5. The molecule has 0 unspecified atom stereocenters. The molecule has 0 bridgehead atoms. The van der Waals surface area contributed by atoms with Gasteiger partial charge in [-0.05, 0) is 32.6 Å². The molecule has 1 N–H and O–H groups in total. The van der Waals surface area contributed by atoms with E-state index in [2.05, 4.69) is 20.2 Å². The predicted molar refractivity (Wildman–Crippen MR) is 83.7 cm³/mol. The third-order valence-electron chi connectivity index (χ3n) is 4.66. The zero-order chi connectivity index (χ0) is 14.5. The van der Waals surface area contributed by atoms with Gasteiger partial charge in [0.2, 0.25) is 5.88 Å². The van der Waals surface area contributed by atoms with Crippen LogP contribution < -0.4 is 10.1 Å². The lowest BCUT2D eigenvalue weighted by Crippen LogP contribution is -2.43. The number of likely N-dealkylation sites (tertiary alicyclic amines) is 1. The van der Waals surface area contributed by atoms with Gasteiger partial charge in [-0.3, -0.25) is 0 Å². The summed E-state index contributed by atoms with van der Waals surface area (Å²) in [5.74, 6) is 1.53. The number of nitrogens with zero attached hydrogens (tertiary/aromatic N) is 3. The zero-order valence-electron chi connectivity index (χ0n) is 12.9. The molecule has 0 amide bonds. The van der Waals surface area contributed by atoms with Gasteiger partial charge in [-0.1, -0.05) is 12.8 Å². The van der Waals surface area contributed by atoms with Crippen molar-refractivity contribution < 1.29 is 4.74 Å². The number of anilines is 1. The molecule has 0 spiro atoms. The van der Waals surface area contributed by atoms with E-state index in [1.54, 1.807) is 6.33 Å². The van der Waals surface area contributed by atoms with Gasteiger partial charge in [0.1, 0.15) is 12.1 Å². The first-order valence-electron chi connectivity index (χ1n) is 8.30. The Labute approximate surface area is 127 Å². The molecule has 3 rings (SSSR count). The minimum atomic E-state index is 0.520. The van der Waals surface area contributed by atoms with Crippen LogP contribution in [0, 0.1) is 0 Å². The SMILES string of the molecule is CCOc1cc(NC2CCN(C3CCCC3)CC2)ncn1. The standard InChI is InChI=1S/C16H26N4O/c1-2-21-16-11-15(17-12-18-16)19-13-7-9-20(10-8-13)14-5-3-4-6-14/h11-14H,2-10H2,1H3,(H,17,18,19). The summed E-state index contributed by atoms with van der Waals surface area (Å²) < 4.78 is 5.42. The molecular weight excluding hydrogens is 264 g/mol. The number of rotatable bonds is 5. The Balaban J connectivity index is 1.49. The molecular formula is C16H26N4O. The van der Waals surface area contributed by atoms with E-state index in [1.807, 2.05) is 13.0 Å². The maximum absolute atomic E-state index is 5.42. The van der Waals surface area contributed by atoms with Crippen LogP contribution >= 0.6 is 0 Å². The minimum absolute atomic E-state index is 0.520.